The van der Waals surface area contributed by atoms with Crippen LogP contribution >= 0.6 is 0 Å². The van der Waals surface area contributed by atoms with Gasteiger partial charge in [0.15, 0.2) is 6.10 Å². The molecule has 0 saturated carbocycles. The number of nitrogens with zero attached hydrogens (tertiary/aromatic N) is 1. The highest BCUT2D eigenvalue weighted by Crippen LogP contribution is 2.30. The fourth-order valence-corrected chi connectivity index (χ4v) is 3.89. The van der Waals surface area contributed by atoms with Crippen LogP contribution in [0.1, 0.15) is 18.1 Å². The van der Waals surface area contributed by atoms with Gasteiger partial charge in [-0.1, -0.05) is 54.6 Å². The van der Waals surface area contributed by atoms with Crippen LogP contribution in [-0.2, 0) is 27.3 Å². The van der Waals surface area contributed by atoms with E-state index in [0.717, 1.165) is 41.4 Å². The third-order valence-electron chi connectivity index (χ3n) is 5.64. The number of para-hydroxylation sites is 2. The van der Waals surface area contributed by atoms with Crippen molar-refractivity contribution < 1.29 is 23.7 Å². The minimum atomic E-state index is -0.659. The molecule has 6 nitrogen and oxygen atoms in total. The van der Waals surface area contributed by atoms with Crippen molar-refractivity contribution in [3.8, 4) is 11.5 Å². The van der Waals surface area contributed by atoms with E-state index in [0.29, 0.717) is 32.8 Å². The quantitative estimate of drug-likeness (QED) is 0.387. The van der Waals surface area contributed by atoms with Crippen molar-refractivity contribution in [3.63, 3.8) is 0 Å². The summed E-state index contributed by atoms with van der Waals surface area (Å²) in [6, 6.07) is 25.7. The Morgan fingerprint density at radius 1 is 0.971 bits per heavy atom. The van der Waals surface area contributed by atoms with Crippen LogP contribution in [0.4, 0.5) is 5.69 Å². The first-order chi connectivity index (χ1) is 16.7. The molecule has 0 amide bonds. The van der Waals surface area contributed by atoms with E-state index < -0.39 is 6.10 Å². The molecule has 0 aliphatic carbocycles. The number of benzene rings is 3. The van der Waals surface area contributed by atoms with E-state index in [2.05, 4.69) is 11.0 Å². The predicted molar refractivity (Wildman–Crippen MR) is 131 cm³/mol. The summed E-state index contributed by atoms with van der Waals surface area (Å²) in [5.74, 6) is 1.37. The minimum Gasteiger partial charge on any atom is -0.492 e. The maximum Gasteiger partial charge on any atom is 0.335 e. The Balaban J connectivity index is 1.29. The first kappa shape index (κ1) is 23.6. The van der Waals surface area contributed by atoms with Crippen LogP contribution in [0, 0.1) is 0 Å². The molecule has 1 heterocycles. The number of fused-ring (bicyclic) bond motifs is 1. The van der Waals surface area contributed by atoms with Crippen LogP contribution in [-0.4, -0.2) is 45.0 Å². The van der Waals surface area contributed by atoms with Crippen LogP contribution in [0.2, 0.25) is 0 Å². The monoisotopic (exact) mass is 461 g/mol. The smallest absolute Gasteiger partial charge is 0.335 e. The van der Waals surface area contributed by atoms with Crippen molar-refractivity contribution >= 4 is 11.7 Å². The lowest BCUT2D eigenvalue weighted by atomic mass is 10.1. The molecule has 34 heavy (non-hydrogen) atoms. The Morgan fingerprint density at radius 2 is 1.74 bits per heavy atom. The van der Waals surface area contributed by atoms with Crippen molar-refractivity contribution in [2.45, 2.75) is 26.1 Å². The average molecular weight is 462 g/mol. The van der Waals surface area contributed by atoms with Gasteiger partial charge in [0.25, 0.3) is 0 Å². The molecule has 0 aromatic heterocycles. The lowest BCUT2D eigenvalue weighted by Crippen LogP contribution is -2.35. The second kappa shape index (κ2) is 12.1. The van der Waals surface area contributed by atoms with Crippen molar-refractivity contribution in [2.24, 2.45) is 0 Å². The zero-order valence-electron chi connectivity index (χ0n) is 19.5. The number of hydrogen-bond donors (Lipinski definition) is 0. The van der Waals surface area contributed by atoms with E-state index >= 15 is 0 Å². The van der Waals surface area contributed by atoms with E-state index in [9.17, 15) is 4.79 Å². The minimum absolute atomic E-state index is 0.324. The van der Waals surface area contributed by atoms with Crippen LogP contribution in [0.25, 0.3) is 0 Å². The maximum atomic E-state index is 12.4. The molecular weight excluding hydrogens is 430 g/mol. The fraction of sp³-hybridized carbons (Fsp3) is 0.321. The van der Waals surface area contributed by atoms with Gasteiger partial charge >= 0.3 is 5.97 Å². The third-order valence-corrected chi connectivity index (χ3v) is 5.64. The molecule has 1 unspecified atom stereocenters. The van der Waals surface area contributed by atoms with Gasteiger partial charge in [0.1, 0.15) is 24.7 Å². The van der Waals surface area contributed by atoms with Gasteiger partial charge < -0.3 is 23.8 Å². The van der Waals surface area contributed by atoms with Gasteiger partial charge in [-0.3, -0.25) is 0 Å². The molecule has 0 saturated heterocycles. The molecule has 4 rings (SSSR count). The number of carbonyl (C=O) groups excluding carboxylic acids is 1. The number of esters is 1. The molecule has 0 fully saturated rings. The molecule has 1 aliphatic heterocycles. The fourth-order valence-electron chi connectivity index (χ4n) is 3.89. The molecule has 1 atom stereocenters. The number of hydrogen-bond acceptors (Lipinski definition) is 6. The molecule has 0 N–H and O–H groups in total. The van der Waals surface area contributed by atoms with E-state index in [-0.39, 0.29) is 5.97 Å². The van der Waals surface area contributed by atoms with Gasteiger partial charge in [-0.2, -0.15) is 0 Å². The topological polar surface area (TPSA) is 57.2 Å². The molecule has 3 aromatic carbocycles. The van der Waals surface area contributed by atoms with Crippen LogP contribution in [0.5, 0.6) is 11.5 Å². The van der Waals surface area contributed by atoms with Crippen molar-refractivity contribution in [2.75, 3.05) is 37.8 Å². The zero-order valence-corrected chi connectivity index (χ0v) is 19.5. The van der Waals surface area contributed by atoms with Gasteiger partial charge in [0, 0.05) is 6.42 Å². The molecule has 1 aliphatic rings. The number of ether oxygens (including phenoxy) is 4. The normalized spacial score (nSPS) is 13.5. The van der Waals surface area contributed by atoms with Crippen LogP contribution in [0.3, 0.4) is 0 Å². The Kier molecular flexibility index (Phi) is 8.41. The molecular formula is C28H31NO5. The van der Waals surface area contributed by atoms with Gasteiger partial charge in [-0.25, -0.2) is 4.79 Å². The third kappa shape index (κ3) is 6.51. The molecule has 178 valence electrons. The Morgan fingerprint density at radius 3 is 2.53 bits per heavy atom. The lowest BCUT2D eigenvalue weighted by Gasteiger charge is -2.31. The highest BCUT2D eigenvalue weighted by Gasteiger charge is 2.21. The average Bonchev–Trinajstić information content (AvgIpc) is 2.88. The largest absolute Gasteiger partial charge is 0.492 e. The van der Waals surface area contributed by atoms with E-state index in [1.54, 1.807) is 6.92 Å². The first-order valence-electron chi connectivity index (χ1n) is 11.7. The summed E-state index contributed by atoms with van der Waals surface area (Å²) in [5, 5.41) is 0. The Bertz CT molecular complexity index is 1040. The van der Waals surface area contributed by atoms with Gasteiger partial charge in [0.2, 0.25) is 0 Å². The molecule has 0 spiro atoms. The first-order valence-corrected chi connectivity index (χ1v) is 11.7. The highest BCUT2D eigenvalue weighted by atomic mass is 16.6. The van der Waals surface area contributed by atoms with Gasteiger partial charge in [-0.05, 0) is 42.3 Å². The standard InChI is InChI=1S/C28H31NO5/c1-2-31-28(30)27(34-21-23-8-4-3-5-9-23)20-22-12-14-24(15-13-22)32-18-16-29-17-19-33-26-11-7-6-10-25(26)29/h3-15,27H,2,16-21H2,1H3. The number of rotatable bonds is 11. The lowest BCUT2D eigenvalue weighted by molar-refractivity contribution is -0.157. The van der Waals surface area contributed by atoms with Gasteiger partial charge in [-0.15, -0.1) is 0 Å². The molecule has 6 heteroatoms. The highest BCUT2D eigenvalue weighted by molar-refractivity contribution is 5.75. The Labute approximate surface area is 201 Å². The van der Waals surface area contributed by atoms with Crippen LogP contribution < -0.4 is 14.4 Å². The maximum absolute atomic E-state index is 12.4. The molecule has 0 bridgehead atoms. The molecule has 0 radical (unpaired) electrons. The number of carbonyl (C=O) groups is 1. The Hall–Kier alpha value is -3.51. The summed E-state index contributed by atoms with van der Waals surface area (Å²) in [4.78, 5) is 14.7. The molecule has 3 aromatic rings. The van der Waals surface area contributed by atoms with E-state index in [1.165, 1.54) is 0 Å². The predicted octanol–water partition coefficient (Wildman–Crippen LogP) is 4.66. The van der Waals surface area contributed by atoms with Crippen molar-refractivity contribution in [3.05, 3.63) is 90.0 Å². The second-order valence-electron chi connectivity index (χ2n) is 8.04. The van der Waals surface area contributed by atoms with Crippen molar-refractivity contribution in [1.82, 2.24) is 0 Å². The summed E-state index contributed by atoms with van der Waals surface area (Å²) in [6.07, 6.45) is -0.218. The summed E-state index contributed by atoms with van der Waals surface area (Å²) >= 11 is 0. The van der Waals surface area contributed by atoms with E-state index in [1.807, 2.05) is 72.8 Å². The summed E-state index contributed by atoms with van der Waals surface area (Å²) < 4.78 is 22.8. The van der Waals surface area contributed by atoms with E-state index in [4.69, 9.17) is 18.9 Å². The summed E-state index contributed by atoms with van der Waals surface area (Å²) in [5.41, 5.74) is 3.11. The van der Waals surface area contributed by atoms with Gasteiger partial charge in [0.05, 0.1) is 32.0 Å². The summed E-state index contributed by atoms with van der Waals surface area (Å²) in [6.45, 7) is 5.35. The zero-order chi connectivity index (χ0) is 23.6. The SMILES string of the molecule is CCOC(=O)C(Cc1ccc(OCCN2CCOc3ccccc32)cc1)OCc1ccccc1. The number of anilines is 1. The van der Waals surface area contributed by atoms with Crippen molar-refractivity contribution in [1.29, 1.82) is 0 Å². The van der Waals surface area contributed by atoms with Crippen LogP contribution in [0.15, 0.2) is 78.9 Å². The summed E-state index contributed by atoms with van der Waals surface area (Å²) in [7, 11) is 0. The second-order valence-corrected chi connectivity index (χ2v) is 8.04.